The van der Waals surface area contributed by atoms with Crippen LogP contribution in [-0.2, 0) is 8.85 Å². The summed E-state index contributed by atoms with van der Waals surface area (Å²) in [5, 5.41) is 0. The average molecular weight is 341 g/mol. The molecule has 0 spiro atoms. The first-order chi connectivity index (χ1) is 11.2. The van der Waals surface area contributed by atoms with Crippen molar-refractivity contribution in [2.24, 2.45) is 11.8 Å². The van der Waals surface area contributed by atoms with Crippen LogP contribution in [0, 0.1) is 11.8 Å². The molecule has 0 N–H and O–H groups in total. The van der Waals surface area contributed by atoms with Crippen molar-refractivity contribution in [3.8, 4) is 0 Å². The lowest BCUT2D eigenvalue weighted by Crippen LogP contribution is -2.52. The molecular formula is C20H40O2Si. The number of rotatable bonds is 8. The van der Waals surface area contributed by atoms with Gasteiger partial charge in [-0.05, 0) is 37.5 Å². The minimum atomic E-state index is -2.08. The largest absolute Gasteiger partial charge is 0.397 e. The Labute approximate surface area is 146 Å². The predicted octanol–water partition coefficient (Wildman–Crippen LogP) is 6.44. The topological polar surface area (TPSA) is 18.5 Å². The van der Waals surface area contributed by atoms with Crippen molar-refractivity contribution in [1.29, 1.82) is 0 Å². The van der Waals surface area contributed by atoms with Gasteiger partial charge < -0.3 is 8.85 Å². The van der Waals surface area contributed by atoms with Gasteiger partial charge in [-0.25, -0.2) is 0 Å². The first-order valence-corrected chi connectivity index (χ1v) is 12.3. The van der Waals surface area contributed by atoms with Gasteiger partial charge in [-0.2, -0.15) is 0 Å². The molecule has 4 atom stereocenters. The molecule has 0 amide bonds. The van der Waals surface area contributed by atoms with Crippen molar-refractivity contribution in [2.75, 3.05) is 14.2 Å². The van der Waals surface area contributed by atoms with Crippen molar-refractivity contribution < 1.29 is 8.85 Å². The molecule has 3 heteroatoms. The summed E-state index contributed by atoms with van der Waals surface area (Å²) in [6, 6.07) is 0. The first-order valence-electron chi connectivity index (χ1n) is 10.3. The second-order valence-corrected chi connectivity index (χ2v) is 12.1. The minimum absolute atomic E-state index is 0.730. The Morgan fingerprint density at radius 3 is 1.52 bits per heavy atom. The highest BCUT2D eigenvalue weighted by Crippen LogP contribution is 2.51. The maximum Gasteiger partial charge on any atom is 0.344 e. The summed E-state index contributed by atoms with van der Waals surface area (Å²) < 4.78 is 12.7. The summed E-state index contributed by atoms with van der Waals surface area (Å²) in [6.45, 7) is 4.66. The molecular weight excluding hydrogens is 300 g/mol. The van der Waals surface area contributed by atoms with Gasteiger partial charge in [-0.3, -0.25) is 0 Å². The molecule has 2 fully saturated rings. The van der Waals surface area contributed by atoms with Crippen LogP contribution in [0.15, 0.2) is 0 Å². The number of hydrogen-bond acceptors (Lipinski definition) is 2. The first kappa shape index (κ1) is 19.5. The highest BCUT2D eigenvalue weighted by molar-refractivity contribution is 6.70. The van der Waals surface area contributed by atoms with Crippen LogP contribution in [0.1, 0.15) is 90.9 Å². The average Bonchev–Trinajstić information content (AvgIpc) is 2.58. The van der Waals surface area contributed by atoms with E-state index in [0.717, 1.165) is 22.9 Å². The van der Waals surface area contributed by atoms with E-state index in [1.807, 2.05) is 14.2 Å². The van der Waals surface area contributed by atoms with Crippen LogP contribution in [0.25, 0.3) is 0 Å². The molecule has 2 aliphatic carbocycles. The molecule has 0 saturated heterocycles. The third-order valence-corrected chi connectivity index (χ3v) is 11.3. The molecule has 2 saturated carbocycles. The summed E-state index contributed by atoms with van der Waals surface area (Å²) in [7, 11) is 1.84. The Morgan fingerprint density at radius 2 is 1.17 bits per heavy atom. The summed E-state index contributed by atoms with van der Waals surface area (Å²) in [5.74, 6) is 1.84. The fourth-order valence-electron chi connectivity index (χ4n) is 5.74. The van der Waals surface area contributed by atoms with Gasteiger partial charge in [0.05, 0.1) is 0 Å². The van der Waals surface area contributed by atoms with E-state index in [2.05, 4.69) is 13.8 Å². The van der Waals surface area contributed by atoms with Crippen LogP contribution in [0.4, 0.5) is 0 Å². The van der Waals surface area contributed by atoms with Gasteiger partial charge in [-0.15, -0.1) is 0 Å². The number of hydrogen-bond donors (Lipinski definition) is 0. The standard InChI is InChI=1S/C20H40O2Si/c1-5-9-17-11-7-13-19(15-17)23(21-3,22-4)20-14-8-12-18(16-20)10-6-2/h17-20H,5-16H2,1-4H3. The maximum atomic E-state index is 6.34. The van der Waals surface area contributed by atoms with Crippen LogP contribution in [0.3, 0.4) is 0 Å². The van der Waals surface area contributed by atoms with Crippen LogP contribution in [0.2, 0.25) is 11.1 Å². The smallest absolute Gasteiger partial charge is 0.344 e. The van der Waals surface area contributed by atoms with Crippen molar-refractivity contribution in [1.82, 2.24) is 0 Å². The molecule has 0 aromatic heterocycles. The molecule has 0 aliphatic heterocycles. The molecule has 23 heavy (non-hydrogen) atoms. The van der Waals surface area contributed by atoms with Crippen molar-refractivity contribution in [2.45, 2.75) is 102 Å². The van der Waals surface area contributed by atoms with Gasteiger partial charge in [0, 0.05) is 25.3 Å². The third kappa shape index (κ3) is 4.61. The van der Waals surface area contributed by atoms with Crippen molar-refractivity contribution in [3.63, 3.8) is 0 Å². The summed E-state index contributed by atoms with van der Waals surface area (Å²) in [4.78, 5) is 0. The van der Waals surface area contributed by atoms with E-state index in [4.69, 9.17) is 8.85 Å². The van der Waals surface area contributed by atoms with E-state index in [-0.39, 0.29) is 0 Å². The van der Waals surface area contributed by atoms with Gasteiger partial charge in [0.15, 0.2) is 0 Å². The molecule has 0 aromatic carbocycles. The molecule has 0 heterocycles. The van der Waals surface area contributed by atoms with Crippen molar-refractivity contribution >= 4 is 8.56 Å². The quantitative estimate of drug-likeness (QED) is 0.473. The molecule has 2 nitrogen and oxygen atoms in total. The van der Waals surface area contributed by atoms with Gasteiger partial charge in [0.2, 0.25) is 0 Å². The lowest BCUT2D eigenvalue weighted by molar-refractivity contribution is 0.172. The van der Waals surface area contributed by atoms with Crippen LogP contribution in [-0.4, -0.2) is 22.8 Å². The van der Waals surface area contributed by atoms with E-state index in [1.165, 1.54) is 77.0 Å². The highest BCUT2D eigenvalue weighted by Gasteiger charge is 2.52. The lowest BCUT2D eigenvalue weighted by atomic mass is 9.85. The Bertz CT molecular complexity index is 298. The summed E-state index contributed by atoms with van der Waals surface area (Å²) in [5.41, 5.74) is 1.46. The SMILES string of the molecule is CCCC1CCCC([Si](OC)(OC)C2CCCC(CCC)C2)C1. The Morgan fingerprint density at radius 1 is 0.739 bits per heavy atom. The maximum absolute atomic E-state index is 6.34. The second-order valence-electron chi connectivity index (χ2n) is 8.17. The molecule has 0 aromatic rings. The molecule has 136 valence electrons. The Kier molecular flexibility index (Phi) is 8.10. The van der Waals surface area contributed by atoms with Crippen molar-refractivity contribution in [3.05, 3.63) is 0 Å². The molecule has 2 aliphatic rings. The molecule has 0 radical (unpaired) electrons. The van der Waals surface area contributed by atoms with E-state index in [0.29, 0.717) is 0 Å². The minimum Gasteiger partial charge on any atom is -0.397 e. The van der Waals surface area contributed by atoms with E-state index >= 15 is 0 Å². The van der Waals surface area contributed by atoms with E-state index in [9.17, 15) is 0 Å². The fraction of sp³-hybridized carbons (Fsp3) is 1.00. The third-order valence-electron chi connectivity index (χ3n) is 6.74. The zero-order valence-corrected chi connectivity index (χ0v) is 17.1. The fourth-order valence-corrected chi connectivity index (χ4v) is 10.4. The Hall–Kier alpha value is 0.137. The second kappa shape index (κ2) is 9.58. The van der Waals surface area contributed by atoms with Crippen LogP contribution in [0.5, 0.6) is 0 Å². The van der Waals surface area contributed by atoms with Gasteiger partial charge in [0.25, 0.3) is 0 Å². The van der Waals surface area contributed by atoms with Gasteiger partial charge in [-0.1, -0.05) is 65.2 Å². The predicted molar refractivity (Wildman–Crippen MR) is 101 cm³/mol. The molecule has 2 rings (SSSR count). The normalized spacial score (nSPS) is 32.9. The summed E-state index contributed by atoms with van der Waals surface area (Å²) >= 11 is 0. The van der Waals surface area contributed by atoms with E-state index < -0.39 is 8.56 Å². The van der Waals surface area contributed by atoms with Gasteiger partial charge in [0.1, 0.15) is 0 Å². The highest BCUT2D eigenvalue weighted by atomic mass is 28.4. The molecule has 4 unspecified atom stereocenters. The zero-order valence-electron chi connectivity index (χ0n) is 16.1. The van der Waals surface area contributed by atoms with Crippen LogP contribution >= 0.6 is 0 Å². The lowest BCUT2D eigenvalue weighted by Gasteiger charge is -2.46. The summed E-state index contributed by atoms with van der Waals surface area (Å²) in [6.07, 6.45) is 16.6. The van der Waals surface area contributed by atoms with Gasteiger partial charge >= 0.3 is 8.56 Å². The van der Waals surface area contributed by atoms with Crippen LogP contribution < -0.4 is 0 Å². The molecule has 0 bridgehead atoms. The Balaban J connectivity index is 2.10. The monoisotopic (exact) mass is 340 g/mol. The zero-order chi connectivity index (χ0) is 16.7. The van der Waals surface area contributed by atoms with E-state index in [1.54, 1.807) is 0 Å².